The number of hydrogen-bond donors (Lipinski definition) is 1. The van der Waals surface area contributed by atoms with E-state index in [-0.39, 0.29) is 12.3 Å². The quantitative estimate of drug-likeness (QED) is 0.782. The number of likely N-dealkylation sites (N-methyl/N-ethyl adjacent to an activating group) is 1. The fraction of sp³-hybridized carbons (Fsp3) is 0.364. The van der Waals surface area contributed by atoms with E-state index < -0.39 is 23.7 Å². The fourth-order valence-corrected chi connectivity index (χ4v) is 2.12. The molecule has 1 aliphatic rings. The zero-order valence-corrected chi connectivity index (χ0v) is 8.78. The van der Waals surface area contributed by atoms with Crippen molar-refractivity contribution in [3.05, 3.63) is 35.4 Å². The first-order valence-corrected chi connectivity index (χ1v) is 4.96. The molecule has 1 amide bonds. The molecule has 1 heterocycles. The molecule has 2 unspecified atom stereocenters. The summed E-state index contributed by atoms with van der Waals surface area (Å²) in [5.41, 5.74) is 6.19. The smallest absolute Gasteiger partial charge is 0.224 e. The molecular weight excluding hydrogens is 214 g/mol. The molecule has 2 atom stereocenters. The van der Waals surface area contributed by atoms with Gasteiger partial charge in [-0.15, -0.1) is 0 Å². The third kappa shape index (κ3) is 1.78. The number of nitrogens with two attached hydrogens (primary N) is 1. The van der Waals surface area contributed by atoms with Gasteiger partial charge in [0.2, 0.25) is 5.91 Å². The third-order valence-corrected chi connectivity index (χ3v) is 2.85. The molecule has 0 aliphatic carbocycles. The molecule has 0 radical (unpaired) electrons. The van der Waals surface area contributed by atoms with Crippen molar-refractivity contribution in [3.8, 4) is 0 Å². The number of carbonyl (C=O) groups is 1. The first kappa shape index (κ1) is 11.0. The Morgan fingerprint density at radius 3 is 2.31 bits per heavy atom. The zero-order chi connectivity index (χ0) is 11.9. The van der Waals surface area contributed by atoms with E-state index in [1.54, 1.807) is 7.05 Å². The second kappa shape index (κ2) is 3.83. The van der Waals surface area contributed by atoms with Crippen molar-refractivity contribution < 1.29 is 13.6 Å². The van der Waals surface area contributed by atoms with E-state index in [9.17, 15) is 13.6 Å². The van der Waals surface area contributed by atoms with Gasteiger partial charge in [0.15, 0.2) is 0 Å². The molecule has 0 aromatic heterocycles. The number of likely N-dealkylation sites (tertiary alicyclic amines) is 1. The van der Waals surface area contributed by atoms with Gasteiger partial charge < -0.3 is 10.6 Å². The average Bonchev–Trinajstić information content (AvgIpc) is 2.39. The maximum absolute atomic E-state index is 13.0. The molecule has 2 N–H and O–H groups in total. The number of halogens is 2. The van der Waals surface area contributed by atoms with E-state index >= 15 is 0 Å². The summed E-state index contributed by atoms with van der Waals surface area (Å²) < 4.78 is 26.1. The predicted octanol–water partition coefficient (Wildman–Crippen LogP) is 1.20. The summed E-state index contributed by atoms with van der Waals surface area (Å²) in [5, 5.41) is 0. The Bertz CT molecular complexity index is 416. The molecule has 0 spiro atoms. The summed E-state index contributed by atoms with van der Waals surface area (Å²) in [5.74, 6) is -1.42. The molecule has 1 fully saturated rings. The highest BCUT2D eigenvalue weighted by Crippen LogP contribution is 2.31. The van der Waals surface area contributed by atoms with Crippen LogP contribution >= 0.6 is 0 Å². The summed E-state index contributed by atoms with van der Waals surface area (Å²) in [4.78, 5) is 12.8. The van der Waals surface area contributed by atoms with Gasteiger partial charge in [-0.25, -0.2) is 8.78 Å². The van der Waals surface area contributed by atoms with Crippen molar-refractivity contribution in [2.24, 2.45) is 5.73 Å². The lowest BCUT2D eigenvalue weighted by atomic mass is 10.0. The van der Waals surface area contributed by atoms with Crippen LogP contribution in [0.1, 0.15) is 18.0 Å². The van der Waals surface area contributed by atoms with Gasteiger partial charge in [0.25, 0.3) is 0 Å². The Hall–Kier alpha value is -1.49. The monoisotopic (exact) mass is 226 g/mol. The first-order valence-electron chi connectivity index (χ1n) is 4.96. The van der Waals surface area contributed by atoms with Crippen LogP contribution in [0, 0.1) is 11.6 Å². The van der Waals surface area contributed by atoms with Gasteiger partial charge in [-0.1, -0.05) is 0 Å². The average molecular weight is 226 g/mol. The zero-order valence-electron chi connectivity index (χ0n) is 8.78. The van der Waals surface area contributed by atoms with Crippen LogP contribution in [0.2, 0.25) is 0 Å². The van der Waals surface area contributed by atoms with Crippen molar-refractivity contribution in [2.75, 3.05) is 7.05 Å². The number of benzene rings is 1. The molecule has 3 nitrogen and oxygen atoms in total. The van der Waals surface area contributed by atoms with Gasteiger partial charge in [0.05, 0.1) is 6.04 Å². The van der Waals surface area contributed by atoms with Crippen LogP contribution < -0.4 is 5.73 Å². The van der Waals surface area contributed by atoms with Gasteiger partial charge in [0, 0.05) is 25.6 Å². The standard InChI is InChI=1S/C11H12F2N2O/c1-15-10(16)5-9(14)11(15)6-2-7(12)4-8(13)3-6/h2-4,9,11H,5,14H2,1H3. The maximum atomic E-state index is 13.0. The van der Waals surface area contributed by atoms with Crippen LogP contribution in [0.3, 0.4) is 0 Å². The molecule has 1 aromatic carbocycles. The van der Waals surface area contributed by atoms with Crippen LogP contribution in [0.25, 0.3) is 0 Å². The topological polar surface area (TPSA) is 46.3 Å². The molecule has 1 aromatic rings. The second-order valence-corrected chi connectivity index (χ2v) is 4.02. The lowest BCUT2D eigenvalue weighted by molar-refractivity contribution is -0.127. The summed E-state index contributed by atoms with van der Waals surface area (Å²) in [7, 11) is 1.59. The van der Waals surface area contributed by atoms with E-state index in [0.717, 1.165) is 6.07 Å². The molecule has 5 heteroatoms. The molecule has 1 saturated heterocycles. The van der Waals surface area contributed by atoms with Crippen molar-refractivity contribution in [1.82, 2.24) is 4.90 Å². The molecule has 1 aliphatic heterocycles. The Balaban J connectivity index is 2.40. The Morgan fingerprint density at radius 2 is 1.88 bits per heavy atom. The van der Waals surface area contributed by atoms with Crippen LogP contribution in [0.5, 0.6) is 0 Å². The van der Waals surface area contributed by atoms with Crippen LogP contribution in [0.15, 0.2) is 18.2 Å². The second-order valence-electron chi connectivity index (χ2n) is 4.02. The van der Waals surface area contributed by atoms with E-state index in [2.05, 4.69) is 0 Å². The van der Waals surface area contributed by atoms with E-state index in [4.69, 9.17) is 5.73 Å². The maximum Gasteiger partial charge on any atom is 0.224 e. The summed E-state index contributed by atoms with van der Waals surface area (Å²) in [6, 6.07) is 2.36. The highest BCUT2D eigenvalue weighted by Gasteiger charge is 2.36. The van der Waals surface area contributed by atoms with Gasteiger partial charge >= 0.3 is 0 Å². The van der Waals surface area contributed by atoms with Gasteiger partial charge in [-0.05, 0) is 17.7 Å². The number of nitrogens with zero attached hydrogens (tertiary/aromatic N) is 1. The van der Waals surface area contributed by atoms with E-state index in [1.165, 1.54) is 17.0 Å². The highest BCUT2D eigenvalue weighted by atomic mass is 19.1. The minimum Gasteiger partial charge on any atom is -0.337 e. The number of carbonyl (C=O) groups excluding carboxylic acids is 1. The molecule has 0 saturated carbocycles. The van der Waals surface area contributed by atoms with E-state index in [1.807, 2.05) is 0 Å². The van der Waals surface area contributed by atoms with Crippen molar-refractivity contribution >= 4 is 5.91 Å². The van der Waals surface area contributed by atoms with Gasteiger partial charge in [-0.2, -0.15) is 0 Å². The predicted molar refractivity (Wildman–Crippen MR) is 54.5 cm³/mol. The van der Waals surface area contributed by atoms with E-state index in [0.29, 0.717) is 5.56 Å². The summed E-state index contributed by atoms with van der Waals surface area (Å²) >= 11 is 0. The van der Waals surface area contributed by atoms with Crippen LogP contribution in [-0.4, -0.2) is 23.9 Å². The lowest BCUT2D eigenvalue weighted by Gasteiger charge is -2.23. The Morgan fingerprint density at radius 1 is 1.31 bits per heavy atom. The molecule has 16 heavy (non-hydrogen) atoms. The Labute approximate surface area is 91.8 Å². The number of rotatable bonds is 1. The number of amides is 1. The van der Waals surface area contributed by atoms with Gasteiger partial charge in [0.1, 0.15) is 11.6 Å². The van der Waals surface area contributed by atoms with Gasteiger partial charge in [-0.3, -0.25) is 4.79 Å². The third-order valence-electron chi connectivity index (χ3n) is 2.85. The van der Waals surface area contributed by atoms with Crippen molar-refractivity contribution in [1.29, 1.82) is 0 Å². The first-order chi connectivity index (χ1) is 7.49. The summed E-state index contributed by atoms with van der Waals surface area (Å²) in [6.07, 6.45) is 0.208. The minimum absolute atomic E-state index is 0.109. The SMILES string of the molecule is CN1C(=O)CC(N)C1c1cc(F)cc(F)c1. The van der Waals surface area contributed by atoms with Crippen LogP contribution in [-0.2, 0) is 4.79 Å². The lowest BCUT2D eigenvalue weighted by Crippen LogP contribution is -2.30. The summed E-state index contributed by atoms with van der Waals surface area (Å²) in [6.45, 7) is 0. The number of hydrogen-bond acceptors (Lipinski definition) is 2. The molecule has 0 bridgehead atoms. The van der Waals surface area contributed by atoms with Crippen LogP contribution in [0.4, 0.5) is 8.78 Å². The fourth-order valence-electron chi connectivity index (χ4n) is 2.12. The molecule has 86 valence electrons. The highest BCUT2D eigenvalue weighted by molar-refractivity contribution is 5.80. The van der Waals surface area contributed by atoms with Crippen molar-refractivity contribution in [3.63, 3.8) is 0 Å². The normalized spacial score (nSPS) is 25.2. The Kier molecular flexibility index (Phi) is 2.63. The minimum atomic E-state index is -0.657. The van der Waals surface area contributed by atoms with Crippen molar-refractivity contribution in [2.45, 2.75) is 18.5 Å². The molecule has 2 rings (SSSR count). The largest absolute Gasteiger partial charge is 0.337 e. The molecular formula is C11H12F2N2O.